The number of nitrogens with zero attached hydrogens (tertiary/aromatic N) is 2. The van der Waals surface area contributed by atoms with E-state index in [1.54, 1.807) is 12.4 Å². The van der Waals surface area contributed by atoms with Crippen LogP contribution in [0.3, 0.4) is 0 Å². The van der Waals surface area contributed by atoms with E-state index in [9.17, 15) is 10.1 Å². The third kappa shape index (κ3) is 1.46. The van der Waals surface area contributed by atoms with Crippen LogP contribution in [0.1, 0.15) is 0 Å². The van der Waals surface area contributed by atoms with Crippen LogP contribution in [0, 0.1) is 10.1 Å². The quantitative estimate of drug-likeness (QED) is 0.579. The van der Waals surface area contributed by atoms with Gasteiger partial charge in [-0.3, -0.25) is 15.1 Å². The first-order valence-corrected chi connectivity index (χ1v) is 4.65. The molecule has 0 radical (unpaired) electrons. The summed E-state index contributed by atoms with van der Waals surface area (Å²) in [6, 6.07) is 4.80. The summed E-state index contributed by atoms with van der Waals surface area (Å²) in [6.45, 7) is 0. The predicted molar refractivity (Wildman–Crippen MR) is 56.1 cm³/mol. The molecule has 1 heterocycles. The Morgan fingerprint density at radius 3 is 2.93 bits per heavy atom. The zero-order valence-electron chi connectivity index (χ0n) is 6.98. The van der Waals surface area contributed by atoms with Crippen LogP contribution in [-0.4, -0.2) is 9.91 Å². The van der Waals surface area contributed by atoms with Crippen molar-refractivity contribution in [3.8, 4) is 0 Å². The summed E-state index contributed by atoms with van der Waals surface area (Å²) in [7, 11) is 0. The van der Waals surface area contributed by atoms with Gasteiger partial charge in [0.15, 0.2) is 0 Å². The molecule has 0 spiro atoms. The van der Waals surface area contributed by atoms with Crippen molar-refractivity contribution >= 4 is 32.4 Å². The third-order valence-electron chi connectivity index (χ3n) is 1.90. The minimum atomic E-state index is -0.419. The van der Waals surface area contributed by atoms with Gasteiger partial charge in [0.05, 0.1) is 4.92 Å². The molecule has 2 rings (SSSR count). The third-order valence-corrected chi connectivity index (χ3v) is 2.55. The fourth-order valence-corrected chi connectivity index (χ4v) is 1.85. The first-order chi connectivity index (χ1) is 6.68. The molecule has 1 aromatic heterocycles. The van der Waals surface area contributed by atoms with Gasteiger partial charge in [0.1, 0.15) is 0 Å². The minimum absolute atomic E-state index is 0.0670. The zero-order valence-corrected chi connectivity index (χ0v) is 8.56. The molecule has 4 nitrogen and oxygen atoms in total. The molecule has 0 saturated carbocycles. The number of benzene rings is 1. The fourth-order valence-electron chi connectivity index (χ4n) is 1.25. The molecule has 5 heteroatoms. The molecule has 0 aliphatic heterocycles. The second-order valence-corrected chi connectivity index (χ2v) is 3.64. The van der Waals surface area contributed by atoms with E-state index in [-0.39, 0.29) is 5.69 Å². The number of hydrogen-bond acceptors (Lipinski definition) is 3. The summed E-state index contributed by atoms with van der Waals surface area (Å²) in [6.07, 6.45) is 3.26. The molecule has 0 amide bonds. The van der Waals surface area contributed by atoms with Gasteiger partial charge in [0, 0.05) is 34.4 Å². The Kier molecular flexibility index (Phi) is 2.17. The normalized spacial score (nSPS) is 10.4. The molecule has 0 atom stereocenters. The van der Waals surface area contributed by atoms with Crippen LogP contribution in [-0.2, 0) is 0 Å². The highest BCUT2D eigenvalue weighted by Gasteiger charge is 2.09. The lowest BCUT2D eigenvalue weighted by atomic mass is 10.1. The summed E-state index contributed by atoms with van der Waals surface area (Å²) in [4.78, 5) is 14.1. The number of halogens is 1. The van der Waals surface area contributed by atoms with Gasteiger partial charge in [-0.2, -0.15) is 0 Å². The number of hydrogen-bond donors (Lipinski definition) is 0. The Labute approximate surface area is 87.9 Å². The second kappa shape index (κ2) is 3.34. The van der Waals surface area contributed by atoms with Crippen LogP contribution in [0.25, 0.3) is 10.8 Å². The van der Waals surface area contributed by atoms with Crippen LogP contribution in [0.4, 0.5) is 5.69 Å². The summed E-state index contributed by atoms with van der Waals surface area (Å²) < 4.78 is 0.712. The van der Waals surface area contributed by atoms with E-state index < -0.39 is 4.92 Å². The number of nitro groups is 1. The smallest absolute Gasteiger partial charge is 0.264 e. The van der Waals surface area contributed by atoms with Crippen molar-refractivity contribution in [2.75, 3.05) is 0 Å². The van der Waals surface area contributed by atoms with Gasteiger partial charge >= 0.3 is 0 Å². The number of pyridine rings is 1. The van der Waals surface area contributed by atoms with E-state index in [1.165, 1.54) is 12.1 Å². The predicted octanol–water partition coefficient (Wildman–Crippen LogP) is 2.91. The van der Waals surface area contributed by atoms with Gasteiger partial charge in [-0.15, -0.1) is 0 Å². The molecule has 0 aliphatic carbocycles. The molecule has 0 saturated heterocycles. The Morgan fingerprint density at radius 1 is 1.43 bits per heavy atom. The van der Waals surface area contributed by atoms with E-state index >= 15 is 0 Å². The lowest BCUT2D eigenvalue weighted by Crippen LogP contribution is -1.88. The van der Waals surface area contributed by atoms with Gasteiger partial charge in [-0.25, -0.2) is 0 Å². The molecule has 0 unspecified atom stereocenters. The Bertz CT molecular complexity index is 513. The molecule has 0 N–H and O–H groups in total. The monoisotopic (exact) mass is 252 g/mol. The SMILES string of the molecule is O=[N+]([O-])c1cc(Br)c2ccncc2c1. The van der Waals surface area contributed by atoms with Crippen LogP contribution in [0.2, 0.25) is 0 Å². The summed E-state index contributed by atoms with van der Waals surface area (Å²) in [5.41, 5.74) is 0.0670. The first-order valence-electron chi connectivity index (χ1n) is 3.86. The Morgan fingerprint density at radius 2 is 2.21 bits per heavy atom. The molecule has 70 valence electrons. The maximum atomic E-state index is 10.6. The van der Waals surface area contributed by atoms with E-state index in [4.69, 9.17) is 0 Å². The highest BCUT2D eigenvalue weighted by atomic mass is 79.9. The van der Waals surface area contributed by atoms with Crippen LogP contribution >= 0.6 is 15.9 Å². The maximum absolute atomic E-state index is 10.6. The number of aromatic nitrogens is 1. The van der Waals surface area contributed by atoms with E-state index in [0.717, 1.165) is 10.8 Å². The van der Waals surface area contributed by atoms with Crippen LogP contribution < -0.4 is 0 Å². The standard InChI is InChI=1S/C9H5BrN2O2/c10-9-4-7(12(13)14)3-6-5-11-2-1-8(6)9/h1-5H. The summed E-state index contributed by atoms with van der Waals surface area (Å²) >= 11 is 3.28. The van der Waals surface area contributed by atoms with Crippen molar-refractivity contribution in [1.29, 1.82) is 0 Å². The topological polar surface area (TPSA) is 56.0 Å². The van der Waals surface area contributed by atoms with Crippen molar-refractivity contribution in [1.82, 2.24) is 4.98 Å². The molecule has 1 aromatic carbocycles. The van der Waals surface area contributed by atoms with Crippen molar-refractivity contribution in [3.63, 3.8) is 0 Å². The largest absolute Gasteiger partial charge is 0.271 e. The molecular formula is C9H5BrN2O2. The van der Waals surface area contributed by atoms with E-state index in [1.807, 2.05) is 6.07 Å². The Balaban J connectivity index is 2.78. The highest BCUT2D eigenvalue weighted by Crippen LogP contribution is 2.28. The van der Waals surface area contributed by atoms with Crippen LogP contribution in [0.5, 0.6) is 0 Å². The number of non-ortho nitro benzene ring substituents is 1. The minimum Gasteiger partial charge on any atom is -0.264 e. The lowest BCUT2D eigenvalue weighted by molar-refractivity contribution is -0.384. The number of fused-ring (bicyclic) bond motifs is 1. The molecule has 0 aliphatic rings. The Hall–Kier alpha value is -1.49. The maximum Gasteiger partial charge on any atom is 0.271 e. The molecule has 0 bridgehead atoms. The van der Waals surface area contributed by atoms with Crippen molar-refractivity contribution in [2.24, 2.45) is 0 Å². The van der Waals surface area contributed by atoms with Crippen molar-refractivity contribution in [3.05, 3.63) is 45.2 Å². The average molecular weight is 253 g/mol. The van der Waals surface area contributed by atoms with Gasteiger partial charge in [0.2, 0.25) is 0 Å². The molecule has 14 heavy (non-hydrogen) atoms. The second-order valence-electron chi connectivity index (χ2n) is 2.78. The van der Waals surface area contributed by atoms with Crippen molar-refractivity contribution in [2.45, 2.75) is 0 Å². The zero-order chi connectivity index (χ0) is 10.1. The average Bonchev–Trinajstić information content (AvgIpc) is 2.17. The molecule has 2 aromatic rings. The summed E-state index contributed by atoms with van der Waals surface area (Å²) in [5, 5.41) is 12.2. The highest BCUT2D eigenvalue weighted by molar-refractivity contribution is 9.10. The lowest BCUT2D eigenvalue weighted by Gasteiger charge is -1.99. The molecular weight excluding hydrogens is 248 g/mol. The van der Waals surface area contributed by atoms with Crippen LogP contribution in [0.15, 0.2) is 35.1 Å². The van der Waals surface area contributed by atoms with Gasteiger partial charge < -0.3 is 0 Å². The number of nitro benzene ring substituents is 1. The van der Waals surface area contributed by atoms with Gasteiger partial charge in [-0.1, -0.05) is 0 Å². The fraction of sp³-hybridized carbons (Fsp3) is 0. The van der Waals surface area contributed by atoms with E-state index in [0.29, 0.717) is 4.47 Å². The summed E-state index contributed by atoms with van der Waals surface area (Å²) in [5.74, 6) is 0. The number of rotatable bonds is 1. The molecule has 0 fully saturated rings. The van der Waals surface area contributed by atoms with E-state index in [2.05, 4.69) is 20.9 Å². The first kappa shape index (κ1) is 9.08. The van der Waals surface area contributed by atoms with Crippen molar-refractivity contribution < 1.29 is 4.92 Å². The van der Waals surface area contributed by atoms with Gasteiger partial charge in [0.25, 0.3) is 5.69 Å². The van der Waals surface area contributed by atoms with Gasteiger partial charge in [-0.05, 0) is 27.4 Å².